The molecule has 3 atom stereocenters. The van der Waals surface area contributed by atoms with Gasteiger partial charge in [0.25, 0.3) is 0 Å². The van der Waals surface area contributed by atoms with Gasteiger partial charge >= 0.3 is 0 Å². The third-order valence-electron chi connectivity index (χ3n) is 3.67. The fraction of sp³-hybridized carbons (Fsp3) is 0.727. The lowest BCUT2D eigenvalue weighted by atomic mass is 10.0. The van der Waals surface area contributed by atoms with E-state index >= 15 is 0 Å². The Balaban J connectivity index is 1.88. The van der Waals surface area contributed by atoms with Crippen molar-refractivity contribution >= 4 is 16.5 Å². The molecule has 0 aromatic carbocycles. The average Bonchev–Trinajstić information content (AvgIpc) is 2.84. The second-order valence-electron chi connectivity index (χ2n) is 4.63. The molecule has 2 aliphatic rings. The third kappa shape index (κ3) is 1.47. The maximum atomic E-state index is 9.97. The van der Waals surface area contributed by atoms with Crippen LogP contribution >= 0.6 is 11.3 Å². The van der Waals surface area contributed by atoms with Crippen molar-refractivity contribution < 1.29 is 5.11 Å². The minimum absolute atomic E-state index is 0.137. The largest absolute Gasteiger partial charge is 0.391 e. The predicted molar refractivity (Wildman–Crippen MR) is 61.3 cm³/mol. The highest BCUT2D eigenvalue weighted by Gasteiger charge is 2.44. The van der Waals surface area contributed by atoms with Crippen LogP contribution in [0.4, 0.5) is 5.13 Å². The topological polar surface area (TPSA) is 36.4 Å². The van der Waals surface area contributed by atoms with Gasteiger partial charge in [-0.2, -0.15) is 0 Å². The molecule has 4 heteroatoms. The number of anilines is 1. The van der Waals surface area contributed by atoms with Crippen LogP contribution in [-0.2, 0) is 0 Å². The number of aromatic nitrogens is 1. The highest BCUT2D eigenvalue weighted by molar-refractivity contribution is 7.15. The summed E-state index contributed by atoms with van der Waals surface area (Å²) in [4.78, 5) is 8.00. The normalized spacial score (nSPS) is 34.8. The van der Waals surface area contributed by atoms with E-state index in [1.807, 2.05) is 6.20 Å². The molecule has 0 bridgehead atoms. The lowest BCUT2D eigenvalue weighted by Gasteiger charge is -2.26. The number of hydrogen-bond donors (Lipinski definition) is 1. The van der Waals surface area contributed by atoms with Gasteiger partial charge in [-0.1, -0.05) is 0 Å². The van der Waals surface area contributed by atoms with Crippen LogP contribution < -0.4 is 4.90 Å². The van der Waals surface area contributed by atoms with Crippen molar-refractivity contribution in [2.45, 2.75) is 38.3 Å². The maximum Gasteiger partial charge on any atom is 0.185 e. The molecule has 1 saturated heterocycles. The number of hydrogen-bond acceptors (Lipinski definition) is 4. The maximum absolute atomic E-state index is 9.97. The summed E-state index contributed by atoms with van der Waals surface area (Å²) >= 11 is 1.74. The van der Waals surface area contributed by atoms with Gasteiger partial charge < -0.3 is 10.0 Å². The van der Waals surface area contributed by atoms with Crippen molar-refractivity contribution in [1.29, 1.82) is 0 Å². The molecule has 2 heterocycles. The van der Waals surface area contributed by atoms with Gasteiger partial charge in [0.05, 0.1) is 12.1 Å². The number of fused-ring (bicyclic) bond motifs is 1. The second kappa shape index (κ2) is 3.46. The van der Waals surface area contributed by atoms with Crippen molar-refractivity contribution in [1.82, 2.24) is 4.98 Å². The van der Waals surface area contributed by atoms with E-state index in [4.69, 9.17) is 0 Å². The summed E-state index contributed by atoms with van der Waals surface area (Å²) in [6, 6.07) is 0.343. The number of aliphatic hydroxyl groups is 1. The van der Waals surface area contributed by atoms with Gasteiger partial charge in [0, 0.05) is 17.6 Å². The number of rotatable bonds is 1. The molecule has 2 fully saturated rings. The van der Waals surface area contributed by atoms with E-state index in [1.54, 1.807) is 11.3 Å². The number of aliphatic hydroxyl groups excluding tert-OH is 1. The summed E-state index contributed by atoms with van der Waals surface area (Å²) in [6.07, 6.45) is 5.17. The SMILES string of the molecule is Cc1cnc(N2CC[C@@H]3CC[C@@H](O)[C@@H]32)s1. The standard InChI is InChI=1S/C11H16N2OS/c1-7-6-12-11(15-7)13-5-4-8-2-3-9(14)10(8)13/h6,8-10,14H,2-5H2,1H3/t8-,9+,10+/m0/s1. The monoisotopic (exact) mass is 224 g/mol. The van der Waals surface area contributed by atoms with Gasteiger partial charge in [0.1, 0.15) is 0 Å². The van der Waals surface area contributed by atoms with Crippen LogP contribution in [0, 0.1) is 12.8 Å². The van der Waals surface area contributed by atoms with E-state index in [9.17, 15) is 5.11 Å². The van der Waals surface area contributed by atoms with E-state index in [-0.39, 0.29) is 6.10 Å². The quantitative estimate of drug-likeness (QED) is 0.790. The Labute approximate surface area is 93.8 Å². The fourth-order valence-corrected chi connectivity index (χ4v) is 3.80. The van der Waals surface area contributed by atoms with Crippen molar-refractivity contribution in [3.63, 3.8) is 0 Å². The second-order valence-corrected chi connectivity index (χ2v) is 5.84. The highest BCUT2D eigenvalue weighted by Crippen LogP contribution is 2.41. The molecule has 1 N–H and O–H groups in total. The molecule has 15 heavy (non-hydrogen) atoms. The van der Waals surface area contributed by atoms with Gasteiger partial charge in [-0.25, -0.2) is 4.98 Å². The van der Waals surface area contributed by atoms with E-state index in [1.165, 1.54) is 17.7 Å². The molecule has 0 amide bonds. The minimum Gasteiger partial charge on any atom is -0.391 e. The Morgan fingerprint density at radius 1 is 1.47 bits per heavy atom. The zero-order valence-electron chi connectivity index (χ0n) is 8.89. The summed E-state index contributed by atoms with van der Waals surface area (Å²) in [6.45, 7) is 3.15. The average molecular weight is 224 g/mol. The van der Waals surface area contributed by atoms with Crippen LogP contribution in [0.15, 0.2) is 6.20 Å². The van der Waals surface area contributed by atoms with Gasteiger partial charge in [-0.15, -0.1) is 11.3 Å². The predicted octanol–water partition coefficient (Wildman–Crippen LogP) is 1.80. The van der Waals surface area contributed by atoms with Crippen LogP contribution in [0.3, 0.4) is 0 Å². The first kappa shape index (κ1) is 9.60. The Bertz CT molecular complexity index is 365. The molecule has 3 rings (SSSR count). The van der Waals surface area contributed by atoms with Gasteiger partial charge in [0.2, 0.25) is 0 Å². The zero-order valence-corrected chi connectivity index (χ0v) is 9.70. The molecule has 0 spiro atoms. The third-order valence-corrected chi connectivity index (χ3v) is 4.62. The highest BCUT2D eigenvalue weighted by atomic mass is 32.1. The number of nitrogens with zero attached hydrogens (tertiary/aromatic N) is 2. The fourth-order valence-electron chi connectivity index (χ4n) is 2.97. The first-order valence-corrected chi connectivity index (χ1v) is 6.44. The molecule has 0 unspecified atom stereocenters. The zero-order chi connectivity index (χ0) is 10.4. The molecule has 1 aliphatic carbocycles. The lowest BCUT2D eigenvalue weighted by molar-refractivity contribution is 0.160. The molecule has 82 valence electrons. The Morgan fingerprint density at radius 2 is 2.33 bits per heavy atom. The number of aryl methyl sites for hydroxylation is 1. The molecule has 1 aromatic heterocycles. The molecule has 1 aliphatic heterocycles. The Hall–Kier alpha value is -0.610. The molecule has 3 nitrogen and oxygen atoms in total. The molecule has 1 saturated carbocycles. The first-order valence-electron chi connectivity index (χ1n) is 5.63. The summed E-state index contributed by atoms with van der Waals surface area (Å²) in [7, 11) is 0. The molecular weight excluding hydrogens is 208 g/mol. The summed E-state index contributed by atoms with van der Waals surface area (Å²) in [5.41, 5.74) is 0. The Kier molecular flexibility index (Phi) is 2.21. The van der Waals surface area contributed by atoms with Crippen molar-refractivity contribution in [2.75, 3.05) is 11.4 Å². The summed E-state index contributed by atoms with van der Waals surface area (Å²) in [5.74, 6) is 0.698. The summed E-state index contributed by atoms with van der Waals surface area (Å²) < 4.78 is 0. The van der Waals surface area contributed by atoms with Crippen molar-refractivity contribution in [3.8, 4) is 0 Å². The van der Waals surface area contributed by atoms with Gasteiger partial charge in [-0.3, -0.25) is 0 Å². The van der Waals surface area contributed by atoms with E-state index in [0.717, 1.165) is 18.1 Å². The number of thiazole rings is 1. The van der Waals surface area contributed by atoms with Crippen molar-refractivity contribution in [3.05, 3.63) is 11.1 Å². The molecular formula is C11H16N2OS. The van der Waals surface area contributed by atoms with Crippen LogP contribution in [0.25, 0.3) is 0 Å². The Morgan fingerprint density at radius 3 is 3.07 bits per heavy atom. The van der Waals surface area contributed by atoms with Crippen LogP contribution in [0.1, 0.15) is 24.1 Å². The summed E-state index contributed by atoms with van der Waals surface area (Å²) in [5, 5.41) is 11.1. The van der Waals surface area contributed by atoms with E-state index in [0.29, 0.717) is 12.0 Å². The first-order chi connectivity index (χ1) is 7.25. The van der Waals surface area contributed by atoms with E-state index < -0.39 is 0 Å². The van der Waals surface area contributed by atoms with Crippen molar-refractivity contribution in [2.24, 2.45) is 5.92 Å². The lowest BCUT2D eigenvalue weighted by Crippen LogP contribution is -2.38. The smallest absolute Gasteiger partial charge is 0.185 e. The molecule has 1 aromatic rings. The molecule has 0 radical (unpaired) electrons. The van der Waals surface area contributed by atoms with E-state index in [2.05, 4.69) is 16.8 Å². The van der Waals surface area contributed by atoms with Crippen LogP contribution in [-0.4, -0.2) is 28.8 Å². The van der Waals surface area contributed by atoms with Gasteiger partial charge in [-0.05, 0) is 32.1 Å². The minimum atomic E-state index is -0.137. The van der Waals surface area contributed by atoms with Crippen LogP contribution in [0.5, 0.6) is 0 Å². The van der Waals surface area contributed by atoms with Crippen LogP contribution in [0.2, 0.25) is 0 Å². The van der Waals surface area contributed by atoms with Gasteiger partial charge in [0.15, 0.2) is 5.13 Å².